The van der Waals surface area contributed by atoms with Crippen LogP contribution in [0.1, 0.15) is 37.1 Å². The molecule has 5 heteroatoms. The molecule has 0 spiro atoms. The van der Waals surface area contributed by atoms with Gasteiger partial charge in [-0.1, -0.05) is 31.5 Å². The van der Waals surface area contributed by atoms with E-state index in [4.69, 9.17) is 4.74 Å². The summed E-state index contributed by atoms with van der Waals surface area (Å²) < 4.78 is 4.90. The Labute approximate surface area is 141 Å². The largest absolute Gasteiger partial charge is 0.468 e. The van der Waals surface area contributed by atoms with Gasteiger partial charge in [-0.05, 0) is 30.4 Å². The summed E-state index contributed by atoms with van der Waals surface area (Å²) >= 11 is 0. The summed E-state index contributed by atoms with van der Waals surface area (Å²) in [6.07, 6.45) is 2.43. The van der Waals surface area contributed by atoms with E-state index in [0.29, 0.717) is 6.54 Å². The van der Waals surface area contributed by atoms with Gasteiger partial charge in [0.25, 0.3) is 0 Å². The average Bonchev–Trinajstić information content (AvgIpc) is 3.00. The molecule has 1 aromatic heterocycles. The molecule has 3 heterocycles. The lowest BCUT2D eigenvalue weighted by Gasteiger charge is -2.44. The van der Waals surface area contributed by atoms with E-state index in [1.165, 1.54) is 18.1 Å². The third-order valence-corrected chi connectivity index (χ3v) is 5.68. The first-order chi connectivity index (χ1) is 11.7. The van der Waals surface area contributed by atoms with Gasteiger partial charge in [0.1, 0.15) is 5.92 Å². The molecular formula is C19H22N2O3. The molecule has 1 aromatic carbocycles. The van der Waals surface area contributed by atoms with E-state index in [-0.39, 0.29) is 17.9 Å². The van der Waals surface area contributed by atoms with Crippen LogP contribution in [0.25, 0.3) is 10.9 Å². The number of benzene rings is 1. The number of ether oxygens (including phenoxy) is 1. The number of amides is 1. The maximum Gasteiger partial charge on any atom is 0.318 e. The zero-order valence-corrected chi connectivity index (χ0v) is 14.0. The Morgan fingerprint density at radius 1 is 1.38 bits per heavy atom. The number of rotatable bonds is 2. The summed E-state index contributed by atoms with van der Waals surface area (Å²) in [6.45, 7) is 2.71. The lowest BCUT2D eigenvalue weighted by molar-refractivity contribution is -0.162. The van der Waals surface area contributed by atoms with Crippen molar-refractivity contribution < 1.29 is 14.3 Å². The number of carbonyl (C=O) groups is 2. The summed E-state index contributed by atoms with van der Waals surface area (Å²) in [6, 6.07) is 8.34. The third-order valence-electron chi connectivity index (χ3n) is 5.68. The molecule has 5 nitrogen and oxygen atoms in total. The molecule has 1 N–H and O–H groups in total. The fraction of sp³-hybridized carbons (Fsp3) is 0.474. The highest BCUT2D eigenvalue weighted by Gasteiger charge is 2.48. The number of para-hydroxylation sites is 1. The molecule has 2 aliphatic rings. The minimum Gasteiger partial charge on any atom is -0.468 e. The van der Waals surface area contributed by atoms with Crippen LogP contribution >= 0.6 is 0 Å². The highest BCUT2D eigenvalue weighted by molar-refractivity contribution is 5.99. The monoisotopic (exact) mass is 326 g/mol. The normalized spacial score (nSPS) is 26.2. The van der Waals surface area contributed by atoms with Crippen LogP contribution in [0.4, 0.5) is 0 Å². The SMILES string of the molecule is CC[C@@H]1C[C@@H]2c3[nH]c4ccccc4c3CCN2C(=O)[C@H]1C(=O)OC. The van der Waals surface area contributed by atoms with Crippen molar-refractivity contribution in [2.45, 2.75) is 32.2 Å². The minimum absolute atomic E-state index is 0.0311. The fourth-order valence-corrected chi connectivity index (χ4v) is 4.45. The number of nitrogens with zero attached hydrogens (tertiary/aromatic N) is 1. The number of piperidine rings is 1. The molecule has 24 heavy (non-hydrogen) atoms. The first-order valence-corrected chi connectivity index (χ1v) is 8.63. The number of nitrogens with one attached hydrogen (secondary N) is 1. The van der Waals surface area contributed by atoms with Crippen molar-refractivity contribution in [3.63, 3.8) is 0 Å². The lowest BCUT2D eigenvalue weighted by atomic mass is 9.76. The number of aromatic nitrogens is 1. The molecule has 2 aromatic rings. The number of carbonyl (C=O) groups excluding carboxylic acids is 2. The minimum atomic E-state index is -0.651. The van der Waals surface area contributed by atoms with Crippen molar-refractivity contribution in [2.24, 2.45) is 11.8 Å². The number of hydrogen-bond acceptors (Lipinski definition) is 3. The van der Waals surface area contributed by atoms with E-state index in [1.807, 2.05) is 17.9 Å². The Morgan fingerprint density at radius 2 is 2.17 bits per heavy atom. The second kappa shape index (κ2) is 5.65. The second-order valence-corrected chi connectivity index (χ2v) is 6.77. The molecule has 0 radical (unpaired) electrons. The lowest BCUT2D eigenvalue weighted by Crippen LogP contribution is -2.52. The standard InChI is InChI=1S/C19H22N2O3/c1-3-11-10-15-17-13(12-6-4-5-7-14(12)20-17)8-9-21(15)18(22)16(11)19(23)24-2/h4-7,11,15-16,20H,3,8-10H2,1-2H3/t11-,15-,16+/m1/s1. The van der Waals surface area contributed by atoms with E-state index >= 15 is 0 Å². The van der Waals surface area contributed by atoms with Crippen molar-refractivity contribution in [1.82, 2.24) is 9.88 Å². The quantitative estimate of drug-likeness (QED) is 0.682. The van der Waals surface area contributed by atoms with E-state index in [9.17, 15) is 9.59 Å². The molecule has 126 valence electrons. The van der Waals surface area contributed by atoms with Gasteiger partial charge in [0.15, 0.2) is 0 Å². The van der Waals surface area contributed by atoms with Gasteiger partial charge in [-0.25, -0.2) is 0 Å². The zero-order chi connectivity index (χ0) is 16.8. The topological polar surface area (TPSA) is 62.4 Å². The van der Waals surface area contributed by atoms with E-state index in [2.05, 4.69) is 23.2 Å². The molecule has 0 bridgehead atoms. The van der Waals surface area contributed by atoms with Gasteiger partial charge >= 0.3 is 5.97 Å². The predicted octanol–water partition coefficient (Wildman–Crippen LogP) is 2.81. The molecule has 2 aliphatic heterocycles. The van der Waals surface area contributed by atoms with Crippen LogP contribution in [-0.4, -0.2) is 35.4 Å². The van der Waals surface area contributed by atoms with Crippen molar-refractivity contribution in [1.29, 1.82) is 0 Å². The highest BCUT2D eigenvalue weighted by Crippen LogP contribution is 2.44. The fourth-order valence-electron chi connectivity index (χ4n) is 4.45. The van der Waals surface area contributed by atoms with Crippen molar-refractivity contribution in [3.8, 4) is 0 Å². The molecule has 4 rings (SSSR count). The number of methoxy groups -OCH3 is 1. The number of fused-ring (bicyclic) bond motifs is 5. The number of esters is 1. The summed E-state index contributed by atoms with van der Waals surface area (Å²) in [5.41, 5.74) is 3.60. The molecule has 3 atom stereocenters. The maximum absolute atomic E-state index is 13.0. The van der Waals surface area contributed by atoms with E-state index in [1.54, 1.807) is 0 Å². The van der Waals surface area contributed by atoms with Crippen LogP contribution in [0.15, 0.2) is 24.3 Å². The van der Waals surface area contributed by atoms with Gasteiger partial charge in [-0.15, -0.1) is 0 Å². The van der Waals surface area contributed by atoms with Gasteiger partial charge in [0.05, 0.1) is 13.2 Å². The zero-order valence-electron chi connectivity index (χ0n) is 14.0. The summed E-state index contributed by atoms with van der Waals surface area (Å²) in [4.78, 5) is 30.5. The maximum atomic E-state index is 13.0. The Bertz CT molecular complexity index is 810. The average molecular weight is 326 g/mol. The van der Waals surface area contributed by atoms with Gasteiger partial charge in [0.2, 0.25) is 5.91 Å². The first kappa shape index (κ1) is 15.2. The van der Waals surface area contributed by atoms with Crippen molar-refractivity contribution in [2.75, 3.05) is 13.7 Å². The van der Waals surface area contributed by atoms with E-state index in [0.717, 1.165) is 30.5 Å². The Balaban J connectivity index is 1.77. The smallest absolute Gasteiger partial charge is 0.318 e. The van der Waals surface area contributed by atoms with E-state index < -0.39 is 11.9 Å². The molecule has 0 aliphatic carbocycles. The van der Waals surface area contributed by atoms with Crippen LogP contribution in [0, 0.1) is 11.8 Å². The molecule has 1 saturated heterocycles. The van der Waals surface area contributed by atoms with Crippen LogP contribution < -0.4 is 0 Å². The number of hydrogen-bond donors (Lipinski definition) is 1. The van der Waals surface area contributed by atoms with Gasteiger partial charge in [0, 0.05) is 23.1 Å². The van der Waals surface area contributed by atoms with Gasteiger partial charge in [-0.3, -0.25) is 9.59 Å². The Hall–Kier alpha value is -2.30. The summed E-state index contributed by atoms with van der Waals surface area (Å²) in [5, 5.41) is 1.25. The Morgan fingerprint density at radius 3 is 2.92 bits per heavy atom. The molecule has 1 amide bonds. The first-order valence-electron chi connectivity index (χ1n) is 8.63. The molecule has 0 saturated carbocycles. The van der Waals surface area contributed by atoms with Crippen LogP contribution in [0.5, 0.6) is 0 Å². The number of H-pyrrole nitrogens is 1. The van der Waals surface area contributed by atoms with Crippen molar-refractivity contribution in [3.05, 3.63) is 35.5 Å². The van der Waals surface area contributed by atoms with Crippen LogP contribution in [0.2, 0.25) is 0 Å². The molecule has 1 fully saturated rings. The second-order valence-electron chi connectivity index (χ2n) is 6.77. The van der Waals surface area contributed by atoms with Crippen LogP contribution in [0.3, 0.4) is 0 Å². The van der Waals surface area contributed by atoms with Gasteiger partial charge in [-0.2, -0.15) is 0 Å². The Kier molecular flexibility index (Phi) is 3.59. The van der Waals surface area contributed by atoms with Crippen molar-refractivity contribution >= 4 is 22.8 Å². The molecule has 0 unspecified atom stereocenters. The summed E-state index contributed by atoms with van der Waals surface area (Å²) in [5.74, 6) is -1.09. The van der Waals surface area contributed by atoms with Crippen LogP contribution in [-0.2, 0) is 20.7 Å². The highest BCUT2D eigenvalue weighted by atomic mass is 16.5. The predicted molar refractivity (Wildman–Crippen MR) is 90.4 cm³/mol. The number of aromatic amines is 1. The molecular weight excluding hydrogens is 304 g/mol. The van der Waals surface area contributed by atoms with Gasteiger partial charge < -0.3 is 14.6 Å². The third kappa shape index (κ3) is 2.07. The summed E-state index contributed by atoms with van der Waals surface area (Å²) in [7, 11) is 1.36.